The first-order chi connectivity index (χ1) is 14.1. The van der Waals surface area contributed by atoms with Crippen LogP contribution in [0.2, 0.25) is 0 Å². The molecule has 29 heavy (non-hydrogen) atoms. The predicted octanol–water partition coefficient (Wildman–Crippen LogP) is 5.00. The summed E-state index contributed by atoms with van der Waals surface area (Å²) >= 11 is 0. The van der Waals surface area contributed by atoms with Crippen LogP contribution in [0.3, 0.4) is 0 Å². The van der Waals surface area contributed by atoms with Crippen molar-refractivity contribution in [2.45, 2.75) is 58.5 Å². The third-order valence-corrected chi connectivity index (χ3v) is 5.98. The number of imidazole rings is 1. The van der Waals surface area contributed by atoms with E-state index in [-0.39, 0.29) is 11.9 Å². The maximum absolute atomic E-state index is 12.8. The van der Waals surface area contributed by atoms with Crippen molar-refractivity contribution in [1.82, 2.24) is 14.9 Å². The van der Waals surface area contributed by atoms with Crippen molar-refractivity contribution in [2.24, 2.45) is 0 Å². The molecular formula is C25H29N3O. The lowest BCUT2D eigenvalue weighted by molar-refractivity contribution is 0.0935. The molecule has 1 amide bonds. The van der Waals surface area contributed by atoms with E-state index in [4.69, 9.17) is 0 Å². The van der Waals surface area contributed by atoms with Crippen molar-refractivity contribution in [3.63, 3.8) is 0 Å². The first-order valence-electron chi connectivity index (χ1n) is 10.6. The molecule has 0 spiro atoms. The third-order valence-electron chi connectivity index (χ3n) is 5.98. The second-order valence-electron chi connectivity index (χ2n) is 7.97. The van der Waals surface area contributed by atoms with E-state index in [1.54, 1.807) is 0 Å². The Morgan fingerprint density at radius 2 is 1.86 bits per heavy atom. The quantitative estimate of drug-likeness (QED) is 0.647. The number of benzene rings is 2. The Morgan fingerprint density at radius 3 is 2.55 bits per heavy atom. The van der Waals surface area contributed by atoms with Crippen LogP contribution < -0.4 is 5.32 Å². The second-order valence-corrected chi connectivity index (χ2v) is 7.97. The number of hydrogen-bond donors (Lipinski definition) is 1. The molecule has 0 fully saturated rings. The molecule has 3 aromatic rings. The van der Waals surface area contributed by atoms with E-state index in [9.17, 15) is 4.79 Å². The summed E-state index contributed by atoms with van der Waals surface area (Å²) in [5.41, 5.74) is 6.01. The first kappa shape index (κ1) is 19.4. The fourth-order valence-electron chi connectivity index (χ4n) is 4.16. The van der Waals surface area contributed by atoms with Crippen molar-refractivity contribution in [1.29, 1.82) is 0 Å². The number of nitrogens with zero attached hydrogens (tertiary/aromatic N) is 2. The number of nitrogens with one attached hydrogen (secondary N) is 1. The molecule has 1 atom stereocenters. The van der Waals surface area contributed by atoms with E-state index < -0.39 is 0 Å². The fourth-order valence-corrected chi connectivity index (χ4v) is 4.16. The Morgan fingerprint density at radius 1 is 1.10 bits per heavy atom. The molecule has 0 saturated carbocycles. The third kappa shape index (κ3) is 4.42. The molecule has 4 nitrogen and oxygen atoms in total. The van der Waals surface area contributed by atoms with Gasteiger partial charge in [-0.1, -0.05) is 37.3 Å². The molecule has 1 unspecified atom stereocenters. The molecule has 0 bridgehead atoms. The zero-order valence-electron chi connectivity index (χ0n) is 17.3. The molecule has 1 aliphatic rings. The molecule has 1 aliphatic carbocycles. The largest absolute Gasteiger partial charge is 0.345 e. The van der Waals surface area contributed by atoms with Gasteiger partial charge in [0.1, 0.15) is 5.82 Å². The van der Waals surface area contributed by atoms with Gasteiger partial charge in [-0.25, -0.2) is 4.98 Å². The predicted molar refractivity (Wildman–Crippen MR) is 116 cm³/mol. The lowest BCUT2D eigenvalue weighted by Gasteiger charge is -2.22. The second kappa shape index (κ2) is 8.64. The molecule has 0 saturated heterocycles. The Balaban J connectivity index is 1.44. The summed E-state index contributed by atoms with van der Waals surface area (Å²) in [7, 11) is 0. The van der Waals surface area contributed by atoms with E-state index in [0.717, 1.165) is 30.8 Å². The van der Waals surface area contributed by atoms with Crippen LogP contribution in [0.1, 0.15) is 70.7 Å². The molecule has 1 heterocycles. The number of fused-ring (bicyclic) bond motifs is 1. The summed E-state index contributed by atoms with van der Waals surface area (Å²) < 4.78 is 2.10. The van der Waals surface area contributed by atoms with Crippen molar-refractivity contribution >= 4 is 5.91 Å². The normalized spacial score (nSPS) is 14.3. The highest BCUT2D eigenvalue weighted by molar-refractivity contribution is 5.94. The van der Waals surface area contributed by atoms with Crippen LogP contribution in [0.25, 0.3) is 0 Å². The molecule has 4 heteroatoms. The number of hydrogen-bond acceptors (Lipinski definition) is 2. The van der Waals surface area contributed by atoms with E-state index in [0.29, 0.717) is 5.56 Å². The minimum Gasteiger partial charge on any atom is -0.345 e. The highest BCUT2D eigenvalue weighted by atomic mass is 16.1. The molecule has 1 N–H and O–H groups in total. The van der Waals surface area contributed by atoms with Gasteiger partial charge >= 0.3 is 0 Å². The zero-order chi connectivity index (χ0) is 20.2. The molecular weight excluding hydrogens is 358 g/mol. The lowest BCUT2D eigenvalue weighted by atomic mass is 9.88. The van der Waals surface area contributed by atoms with Crippen LogP contribution >= 0.6 is 0 Å². The van der Waals surface area contributed by atoms with E-state index in [2.05, 4.69) is 40.0 Å². The first-order valence-corrected chi connectivity index (χ1v) is 10.6. The number of amides is 1. The molecule has 0 aliphatic heterocycles. The fraction of sp³-hybridized carbons (Fsp3) is 0.360. The van der Waals surface area contributed by atoms with Gasteiger partial charge in [0.15, 0.2) is 0 Å². The van der Waals surface area contributed by atoms with Gasteiger partial charge in [-0.3, -0.25) is 4.79 Å². The standard InChI is InChI=1S/C25H29N3O/c1-3-24(23-13-12-20-6-4-5-7-22(20)16-23)27-25(29)21-10-8-19(9-11-21)17-28-15-14-26-18(28)2/h8-16,24H,3-7,17H2,1-2H3,(H,27,29). The van der Waals surface area contributed by atoms with Crippen molar-refractivity contribution in [3.05, 3.63) is 88.5 Å². The molecule has 150 valence electrons. The van der Waals surface area contributed by atoms with Gasteiger partial charge in [-0.05, 0) is 73.4 Å². The van der Waals surface area contributed by atoms with Crippen molar-refractivity contribution in [2.75, 3.05) is 0 Å². The summed E-state index contributed by atoms with van der Waals surface area (Å²) in [5, 5.41) is 3.23. The summed E-state index contributed by atoms with van der Waals surface area (Å²) in [6.07, 6.45) is 9.56. The number of carbonyl (C=O) groups excluding carboxylic acids is 1. The topological polar surface area (TPSA) is 46.9 Å². The van der Waals surface area contributed by atoms with Crippen LogP contribution in [-0.2, 0) is 19.4 Å². The lowest BCUT2D eigenvalue weighted by Crippen LogP contribution is -2.28. The Labute approximate surface area is 173 Å². The summed E-state index contributed by atoms with van der Waals surface area (Å²) in [6.45, 7) is 4.88. The van der Waals surface area contributed by atoms with Crippen molar-refractivity contribution < 1.29 is 4.79 Å². The summed E-state index contributed by atoms with van der Waals surface area (Å²) in [4.78, 5) is 17.1. The van der Waals surface area contributed by atoms with Crippen LogP contribution in [0.4, 0.5) is 0 Å². The Bertz CT molecular complexity index is 988. The SMILES string of the molecule is CCC(NC(=O)c1ccc(Cn2ccnc2C)cc1)c1ccc2c(c1)CCCC2. The highest BCUT2D eigenvalue weighted by Gasteiger charge is 2.17. The molecule has 1 aromatic heterocycles. The van der Waals surface area contributed by atoms with E-state index in [1.807, 2.05) is 43.6 Å². The van der Waals surface area contributed by atoms with Crippen LogP contribution in [-0.4, -0.2) is 15.5 Å². The average molecular weight is 388 g/mol. The van der Waals surface area contributed by atoms with Crippen LogP contribution in [0.15, 0.2) is 54.9 Å². The summed E-state index contributed by atoms with van der Waals surface area (Å²) in [5.74, 6) is 0.975. The number of aromatic nitrogens is 2. The van der Waals surface area contributed by atoms with Crippen LogP contribution in [0, 0.1) is 6.92 Å². The number of carbonyl (C=O) groups is 1. The van der Waals surface area contributed by atoms with Crippen molar-refractivity contribution in [3.8, 4) is 0 Å². The van der Waals surface area contributed by atoms with Gasteiger partial charge < -0.3 is 9.88 Å². The molecule has 2 aromatic carbocycles. The summed E-state index contributed by atoms with van der Waals surface area (Å²) in [6, 6.07) is 14.7. The zero-order valence-corrected chi connectivity index (χ0v) is 17.3. The van der Waals surface area contributed by atoms with Gasteiger partial charge in [0.05, 0.1) is 6.04 Å². The number of rotatable bonds is 6. The maximum Gasteiger partial charge on any atom is 0.251 e. The molecule has 4 rings (SSSR count). The van der Waals surface area contributed by atoms with Gasteiger partial charge in [0.2, 0.25) is 0 Å². The van der Waals surface area contributed by atoms with E-state index >= 15 is 0 Å². The van der Waals surface area contributed by atoms with Gasteiger partial charge in [0.25, 0.3) is 5.91 Å². The smallest absolute Gasteiger partial charge is 0.251 e. The Kier molecular flexibility index (Phi) is 5.79. The minimum absolute atomic E-state index is 0.0140. The Hall–Kier alpha value is -2.88. The average Bonchev–Trinajstić information content (AvgIpc) is 3.16. The minimum atomic E-state index is -0.0140. The maximum atomic E-state index is 12.8. The number of aryl methyl sites for hydroxylation is 3. The van der Waals surface area contributed by atoms with E-state index in [1.165, 1.54) is 36.0 Å². The highest BCUT2D eigenvalue weighted by Crippen LogP contribution is 2.26. The van der Waals surface area contributed by atoms with Gasteiger partial charge in [-0.15, -0.1) is 0 Å². The van der Waals surface area contributed by atoms with Gasteiger partial charge in [0, 0.05) is 24.5 Å². The monoisotopic (exact) mass is 387 g/mol. The van der Waals surface area contributed by atoms with Crippen LogP contribution in [0.5, 0.6) is 0 Å². The molecule has 0 radical (unpaired) electrons. The van der Waals surface area contributed by atoms with Gasteiger partial charge in [-0.2, -0.15) is 0 Å².